The monoisotopic (exact) mass is 312 g/mol. The van der Waals surface area contributed by atoms with Crippen LogP contribution in [0.2, 0.25) is 0 Å². The quantitative estimate of drug-likeness (QED) is 0.920. The standard InChI is InChI=1S/C14H21BrN2O/c15-14-4-2-13(3-5-14)12-17-7-1-6-16(8-9-17)10-11-18/h2-5,18H,1,6-12H2. The average molecular weight is 313 g/mol. The lowest BCUT2D eigenvalue weighted by Crippen LogP contribution is -2.32. The molecular formula is C14H21BrN2O. The van der Waals surface area contributed by atoms with Gasteiger partial charge in [0.05, 0.1) is 6.61 Å². The Morgan fingerprint density at radius 2 is 1.67 bits per heavy atom. The first kappa shape index (κ1) is 14.0. The predicted molar refractivity (Wildman–Crippen MR) is 77.6 cm³/mol. The van der Waals surface area contributed by atoms with Gasteiger partial charge in [0.2, 0.25) is 0 Å². The molecule has 1 fully saturated rings. The zero-order chi connectivity index (χ0) is 12.8. The summed E-state index contributed by atoms with van der Waals surface area (Å²) in [5.74, 6) is 0. The van der Waals surface area contributed by atoms with E-state index in [-0.39, 0.29) is 6.61 Å². The molecule has 0 aliphatic carbocycles. The van der Waals surface area contributed by atoms with Crippen LogP contribution in [-0.4, -0.2) is 54.2 Å². The number of benzene rings is 1. The highest BCUT2D eigenvalue weighted by atomic mass is 79.9. The Labute approximate surface area is 118 Å². The summed E-state index contributed by atoms with van der Waals surface area (Å²) in [6.07, 6.45) is 1.19. The predicted octanol–water partition coefficient (Wildman–Crippen LogP) is 1.95. The maximum absolute atomic E-state index is 8.98. The second-order valence-corrected chi connectivity index (χ2v) is 5.74. The van der Waals surface area contributed by atoms with Crippen LogP contribution in [-0.2, 0) is 6.54 Å². The number of aliphatic hydroxyl groups is 1. The van der Waals surface area contributed by atoms with Gasteiger partial charge >= 0.3 is 0 Å². The van der Waals surface area contributed by atoms with Gasteiger partial charge in [0.1, 0.15) is 0 Å². The third-order valence-corrected chi connectivity index (χ3v) is 3.95. The van der Waals surface area contributed by atoms with Crippen molar-refractivity contribution in [2.45, 2.75) is 13.0 Å². The van der Waals surface area contributed by atoms with Crippen molar-refractivity contribution in [1.82, 2.24) is 9.80 Å². The van der Waals surface area contributed by atoms with Crippen LogP contribution >= 0.6 is 15.9 Å². The van der Waals surface area contributed by atoms with Gasteiger partial charge in [-0.2, -0.15) is 0 Å². The molecule has 0 unspecified atom stereocenters. The number of hydrogen-bond acceptors (Lipinski definition) is 3. The van der Waals surface area contributed by atoms with Gasteiger partial charge in [0.25, 0.3) is 0 Å². The lowest BCUT2D eigenvalue weighted by Gasteiger charge is -2.21. The molecule has 0 saturated carbocycles. The summed E-state index contributed by atoms with van der Waals surface area (Å²) in [6.45, 7) is 6.53. The van der Waals surface area contributed by atoms with Crippen molar-refractivity contribution < 1.29 is 5.11 Å². The molecule has 3 nitrogen and oxygen atoms in total. The number of aliphatic hydroxyl groups excluding tert-OH is 1. The van der Waals surface area contributed by atoms with Crippen LogP contribution in [0.1, 0.15) is 12.0 Å². The van der Waals surface area contributed by atoms with Gasteiger partial charge in [0, 0.05) is 30.7 Å². The van der Waals surface area contributed by atoms with Gasteiger partial charge in [0.15, 0.2) is 0 Å². The number of nitrogens with zero attached hydrogens (tertiary/aromatic N) is 2. The minimum atomic E-state index is 0.271. The molecule has 1 aliphatic rings. The normalized spacial score (nSPS) is 18.8. The molecule has 4 heteroatoms. The van der Waals surface area contributed by atoms with E-state index in [1.54, 1.807) is 0 Å². The molecule has 0 radical (unpaired) electrons. The van der Waals surface area contributed by atoms with Crippen molar-refractivity contribution in [2.24, 2.45) is 0 Å². The molecule has 1 aromatic rings. The fourth-order valence-electron chi connectivity index (χ4n) is 2.40. The molecule has 1 N–H and O–H groups in total. The van der Waals surface area contributed by atoms with Crippen molar-refractivity contribution >= 4 is 15.9 Å². The Bertz CT molecular complexity index is 355. The fourth-order valence-corrected chi connectivity index (χ4v) is 2.66. The van der Waals surface area contributed by atoms with E-state index in [2.05, 4.69) is 50.0 Å². The fraction of sp³-hybridized carbons (Fsp3) is 0.571. The third-order valence-electron chi connectivity index (χ3n) is 3.42. The number of rotatable bonds is 4. The van der Waals surface area contributed by atoms with Crippen LogP contribution in [0, 0.1) is 0 Å². The summed E-state index contributed by atoms with van der Waals surface area (Å²) in [7, 11) is 0. The Hall–Kier alpha value is -0.420. The maximum atomic E-state index is 8.98. The summed E-state index contributed by atoms with van der Waals surface area (Å²) < 4.78 is 1.14. The Morgan fingerprint density at radius 3 is 2.39 bits per heavy atom. The van der Waals surface area contributed by atoms with Crippen molar-refractivity contribution in [3.63, 3.8) is 0 Å². The molecular weight excluding hydrogens is 292 g/mol. The maximum Gasteiger partial charge on any atom is 0.0558 e. The van der Waals surface area contributed by atoms with Gasteiger partial charge in [-0.25, -0.2) is 0 Å². The van der Waals surface area contributed by atoms with Crippen LogP contribution in [0.4, 0.5) is 0 Å². The van der Waals surface area contributed by atoms with Crippen molar-refractivity contribution in [2.75, 3.05) is 39.3 Å². The molecule has 1 aromatic carbocycles. The van der Waals surface area contributed by atoms with E-state index in [1.807, 2.05) is 0 Å². The molecule has 0 aromatic heterocycles. The van der Waals surface area contributed by atoms with Gasteiger partial charge in [-0.15, -0.1) is 0 Å². The largest absolute Gasteiger partial charge is 0.395 e. The van der Waals surface area contributed by atoms with E-state index >= 15 is 0 Å². The lowest BCUT2D eigenvalue weighted by atomic mass is 10.2. The Morgan fingerprint density at radius 1 is 1.00 bits per heavy atom. The van der Waals surface area contributed by atoms with Crippen LogP contribution < -0.4 is 0 Å². The average Bonchev–Trinajstić information content (AvgIpc) is 2.59. The van der Waals surface area contributed by atoms with Crippen molar-refractivity contribution in [3.05, 3.63) is 34.3 Å². The molecule has 1 heterocycles. The van der Waals surface area contributed by atoms with E-state index < -0.39 is 0 Å². The van der Waals surface area contributed by atoms with Crippen LogP contribution in [0.5, 0.6) is 0 Å². The van der Waals surface area contributed by atoms with E-state index in [4.69, 9.17) is 5.11 Å². The Kier molecular flexibility index (Phi) is 5.63. The second-order valence-electron chi connectivity index (χ2n) is 4.82. The summed E-state index contributed by atoms with van der Waals surface area (Å²) in [4.78, 5) is 4.85. The molecule has 0 spiro atoms. The van der Waals surface area contributed by atoms with E-state index in [0.717, 1.165) is 43.7 Å². The molecule has 18 heavy (non-hydrogen) atoms. The number of hydrogen-bond donors (Lipinski definition) is 1. The van der Waals surface area contributed by atoms with Crippen LogP contribution in [0.25, 0.3) is 0 Å². The summed E-state index contributed by atoms with van der Waals surface area (Å²) in [5.41, 5.74) is 1.37. The smallest absolute Gasteiger partial charge is 0.0558 e. The highest BCUT2D eigenvalue weighted by Gasteiger charge is 2.14. The van der Waals surface area contributed by atoms with E-state index in [9.17, 15) is 0 Å². The highest BCUT2D eigenvalue weighted by Crippen LogP contribution is 2.13. The van der Waals surface area contributed by atoms with Crippen molar-refractivity contribution in [3.8, 4) is 0 Å². The van der Waals surface area contributed by atoms with Crippen LogP contribution in [0.15, 0.2) is 28.7 Å². The molecule has 0 bridgehead atoms. The minimum Gasteiger partial charge on any atom is -0.395 e. The summed E-state index contributed by atoms with van der Waals surface area (Å²) in [6, 6.07) is 8.57. The van der Waals surface area contributed by atoms with E-state index in [1.165, 1.54) is 12.0 Å². The van der Waals surface area contributed by atoms with Crippen LogP contribution in [0.3, 0.4) is 0 Å². The lowest BCUT2D eigenvalue weighted by molar-refractivity contribution is 0.196. The van der Waals surface area contributed by atoms with Gasteiger partial charge in [-0.1, -0.05) is 28.1 Å². The third kappa shape index (κ3) is 4.35. The molecule has 100 valence electrons. The Balaban J connectivity index is 1.84. The first-order chi connectivity index (χ1) is 8.78. The summed E-state index contributed by atoms with van der Waals surface area (Å²) in [5, 5.41) is 8.98. The second kappa shape index (κ2) is 7.24. The van der Waals surface area contributed by atoms with Gasteiger partial charge < -0.3 is 5.11 Å². The SMILES string of the molecule is OCCN1CCCN(Cc2ccc(Br)cc2)CC1. The molecule has 2 rings (SSSR count). The first-order valence-corrected chi connectivity index (χ1v) is 7.37. The molecule has 1 saturated heterocycles. The zero-order valence-electron chi connectivity index (χ0n) is 10.7. The molecule has 1 aliphatic heterocycles. The minimum absolute atomic E-state index is 0.271. The first-order valence-electron chi connectivity index (χ1n) is 6.58. The van der Waals surface area contributed by atoms with E-state index in [0.29, 0.717) is 0 Å². The van der Waals surface area contributed by atoms with Crippen molar-refractivity contribution in [1.29, 1.82) is 0 Å². The van der Waals surface area contributed by atoms with Gasteiger partial charge in [-0.05, 0) is 37.2 Å². The highest BCUT2D eigenvalue weighted by molar-refractivity contribution is 9.10. The van der Waals surface area contributed by atoms with Gasteiger partial charge in [-0.3, -0.25) is 9.80 Å². The summed E-state index contributed by atoms with van der Waals surface area (Å²) >= 11 is 3.46. The molecule has 0 amide bonds. The number of β-amino-alcohol motifs (C(OH)–C–C–N with tert-alkyl or cyclic N) is 1. The molecule has 0 atom stereocenters. The zero-order valence-corrected chi connectivity index (χ0v) is 12.3. The number of halogens is 1. The topological polar surface area (TPSA) is 26.7 Å².